The molecule has 1 heterocycles. The van der Waals surface area contributed by atoms with Gasteiger partial charge < -0.3 is 9.72 Å². The van der Waals surface area contributed by atoms with Crippen LogP contribution in [0.3, 0.4) is 0 Å². The molecule has 5 heteroatoms. The van der Waals surface area contributed by atoms with Gasteiger partial charge in [-0.1, -0.05) is 43.1 Å². The van der Waals surface area contributed by atoms with Crippen molar-refractivity contribution in [1.29, 1.82) is 0 Å². The fraction of sp³-hybridized carbons (Fsp3) is 0.400. The number of esters is 1. The van der Waals surface area contributed by atoms with Gasteiger partial charge in [-0.2, -0.15) is 0 Å². The third kappa shape index (κ3) is 3.49. The largest absolute Gasteiger partial charge is 0.461 e. The summed E-state index contributed by atoms with van der Waals surface area (Å²) < 4.78 is 5.29. The lowest BCUT2D eigenvalue weighted by Gasteiger charge is -2.22. The van der Waals surface area contributed by atoms with Gasteiger partial charge in [-0.25, -0.2) is 4.79 Å². The molecule has 1 atom stereocenters. The number of halogens is 1. The monoisotopic (exact) mass is 359 g/mol. The molecule has 1 aliphatic rings. The quantitative estimate of drug-likeness (QED) is 0.613. The van der Waals surface area contributed by atoms with Gasteiger partial charge in [0, 0.05) is 22.7 Å². The summed E-state index contributed by atoms with van der Waals surface area (Å²) in [7, 11) is 0. The number of hydrogen-bond acceptors (Lipinski definition) is 3. The zero-order valence-corrected chi connectivity index (χ0v) is 15.3. The highest BCUT2D eigenvalue weighted by Gasteiger charge is 2.32. The van der Waals surface area contributed by atoms with E-state index in [1.807, 2.05) is 31.2 Å². The zero-order valence-electron chi connectivity index (χ0n) is 14.5. The second-order valence-electron chi connectivity index (χ2n) is 6.52. The molecule has 25 heavy (non-hydrogen) atoms. The normalized spacial score (nSPS) is 16.6. The van der Waals surface area contributed by atoms with E-state index in [0.29, 0.717) is 41.3 Å². The van der Waals surface area contributed by atoms with E-state index in [2.05, 4.69) is 4.98 Å². The fourth-order valence-corrected chi connectivity index (χ4v) is 3.74. The first kappa shape index (κ1) is 17.7. The average Bonchev–Trinajstić information content (AvgIpc) is 2.92. The average molecular weight is 360 g/mol. The maximum absolute atomic E-state index is 12.7. The van der Waals surface area contributed by atoms with Gasteiger partial charge in [-0.15, -0.1) is 0 Å². The van der Waals surface area contributed by atoms with Crippen LogP contribution >= 0.6 is 11.6 Å². The number of nitrogens with one attached hydrogen (secondary N) is 1. The van der Waals surface area contributed by atoms with Crippen molar-refractivity contribution in [2.75, 3.05) is 6.61 Å². The van der Waals surface area contributed by atoms with E-state index in [0.717, 1.165) is 24.1 Å². The highest BCUT2D eigenvalue weighted by atomic mass is 35.5. The number of Topliss-reactive ketones (excluding diaryl/α,β-unsaturated/α-hetero) is 1. The number of ether oxygens (including phenoxy) is 1. The smallest absolute Gasteiger partial charge is 0.355 e. The minimum atomic E-state index is -0.387. The number of ketones is 1. The number of aromatic amines is 1. The third-order valence-electron chi connectivity index (χ3n) is 4.77. The van der Waals surface area contributed by atoms with Crippen molar-refractivity contribution in [2.24, 2.45) is 0 Å². The van der Waals surface area contributed by atoms with Crippen LogP contribution in [-0.4, -0.2) is 23.3 Å². The summed E-state index contributed by atoms with van der Waals surface area (Å²) >= 11 is 6.29. The maximum atomic E-state index is 12.7. The molecular formula is C20H22ClNO3. The molecule has 0 spiro atoms. The molecule has 0 radical (unpaired) electrons. The summed E-state index contributed by atoms with van der Waals surface area (Å²) in [6.45, 7) is 4.24. The van der Waals surface area contributed by atoms with Gasteiger partial charge in [-0.3, -0.25) is 4.79 Å². The SMILES string of the molecule is CCCCOC(=O)c1[nH]c2c(c1C)C(=O)C[C@H](c1ccccc1Cl)C2. The first-order chi connectivity index (χ1) is 12.0. The summed E-state index contributed by atoms with van der Waals surface area (Å²) in [5.41, 5.74) is 3.52. The predicted molar refractivity (Wildman–Crippen MR) is 97.6 cm³/mol. The molecule has 0 fully saturated rings. The first-order valence-corrected chi connectivity index (χ1v) is 9.06. The third-order valence-corrected chi connectivity index (χ3v) is 5.11. The molecule has 0 aliphatic heterocycles. The molecule has 4 nitrogen and oxygen atoms in total. The van der Waals surface area contributed by atoms with Crippen LogP contribution in [0.15, 0.2) is 24.3 Å². The van der Waals surface area contributed by atoms with Crippen molar-refractivity contribution in [3.63, 3.8) is 0 Å². The van der Waals surface area contributed by atoms with E-state index in [4.69, 9.17) is 16.3 Å². The molecule has 2 aromatic rings. The minimum absolute atomic E-state index is 0.0238. The Balaban J connectivity index is 1.87. The zero-order chi connectivity index (χ0) is 18.0. The van der Waals surface area contributed by atoms with Crippen LogP contribution in [0.2, 0.25) is 5.02 Å². The van der Waals surface area contributed by atoms with Gasteiger partial charge in [-0.05, 0) is 42.9 Å². The van der Waals surface area contributed by atoms with Crippen LogP contribution in [0.1, 0.15) is 69.8 Å². The number of hydrogen-bond donors (Lipinski definition) is 1. The number of aromatic nitrogens is 1. The number of H-pyrrole nitrogens is 1. The van der Waals surface area contributed by atoms with Gasteiger partial charge in [0.25, 0.3) is 0 Å². The van der Waals surface area contributed by atoms with Crippen molar-refractivity contribution < 1.29 is 14.3 Å². The van der Waals surface area contributed by atoms with E-state index in [1.54, 1.807) is 6.92 Å². The van der Waals surface area contributed by atoms with E-state index in [9.17, 15) is 9.59 Å². The molecule has 0 saturated carbocycles. The van der Waals surface area contributed by atoms with Crippen molar-refractivity contribution in [1.82, 2.24) is 4.98 Å². The van der Waals surface area contributed by atoms with Crippen LogP contribution < -0.4 is 0 Å². The summed E-state index contributed by atoms with van der Waals surface area (Å²) in [5, 5.41) is 0.672. The lowest BCUT2D eigenvalue weighted by atomic mass is 9.81. The minimum Gasteiger partial charge on any atom is -0.461 e. The second-order valence-corrected chi connectivity index (χ2v) is 6.93. The van der Waals surface area contributed by atoms with Gasteiger partial charge >= 0.3 is 5.97 Å². The summed E-state index contributed by atoms with van der Waals surface area (Å²) in [6.07, 6.45) is 2.86. The molecular weight excluding hydrogens is 338 g/mol. The Morgan fingerprint density at radius 2 is 2.08 bits per heavy atom. The van der Waals surface area contributed by atoms with E-state index in [1.165, 1.54) is 0 Å². The maximum Gasteiger partial charge on any atom is 0.355 e. The Morgan fingerprint density at radius 3 is 2.80 bits per heavy atom. The molecule has 0 bridgehead atoms. The van der Waals surface area contributed by atoms with Crippen molar-refractivity contribution in [3.8, 4) is 0 Å². The second kappa shape index (κ2) is 7.44. The van der Waals surface area contributed by atoms with E-state index >= 15 is 0 Å². The molecule has 0 saturated heterocycles. The van der Waals surface area contributed by atoms with Crippen molar-refractivity contribution in [2.45, 2.75) is 45.4 Å². The Hall–Kier alpha value is -2.07. The number of benzene rings is 1. The highest BCUT2D eigenvalue weighted by molar-refractivity contribution is 6.31. The molecule has 1 aromatic heterocycles. The Kier molecular flexibility index (Phi) is 5.28. The Labute approximate surface area is 152 Å². The number of fused-ring (bicyclic) bond motifs is 1. The number of carbonyl (C=O) groups excluding carboxylic acids is 2. The van der Waals surface area contributed by atoms with Gasteiger partial charge in [0.1, 0.15) is 5.69 Å². The molecule has 132 valence electrons. The fourth-order valence-electron chi connectivity index (χ4n) is 3.45. The van der Waals surface area contributed by atoms with Crippen LogP contribution in [0.25, 0.3) is 0 Å². The van der Waals surface area contributed by atoms with Crippen molar-refractivity contribution >= 4 is 23.4 Å². The molecule has 3 rings (SSSR count). The van der Waals surface area contributed by atoms with Crippen molar-refractivity contribution in [3.05, 3.63) is 57.4 Å². The predicted octanol–water partition coefficient (Wildman–Crippen LogP) is 4.85. The number of carbonyl (C=O) groups is 2. The van der Waals surface area contributed by atoms with Gasteiger partial charge in [0.05, 0.1) is 6.61 Å². The summed E-state index contributed by atoms with van der Waals surface area (Å²) in [5.74, 6) is -0.314. The van der Waals surface area contributed by atoms with Gasteiger partial charge in [0.15, 0.2) is 5.78 Å². The number of rotatable bonds is 5. The van der Waals surface area contributed by atoms with Crippen LogP contribution in [0.4, 0.5) is 0 Å². The number of unbranched alkanes of at least 4 members (excludes halogenated alkanes) is 1. The standard InChI is InChI=1S/C20H22ClNO3/c1-3-4-9-25-20(24)19-12(2)18-16(22-19)10-13(11-17(18)23)14-7-5-6-8-15(14)21/h5-8,13,22H,3-4,9-11H2,1-2H3/t13-/m1/s1. The summed E-state index contributed by atoms with van der Waals surface area (Å²) in [4.78, 5) is 28.1. The molecule has 0 amide bonds. The van der Waals surface area contributed by atoms with Crippen LogP contribution in [0.5, 0.6) is 0 Å². The molecule has 1 aliphatic carbocycles. The molecule has 1 aromatic carbocycles. The van der Waals surface area contributed by atoms with Crippen LogP contribution in [0, 0.1) is 6.92 Å². The first-order valence-electron chi connectivity index (χ1n) is 8.69. The topological polar surface area (TPSA) is 59.2 Å². The lowest BCUT2D eigenvalue weighted by Crippen LogP contribution is -2.18. The molecule has 1 N–H and O–H groups in total. The van der Waals surface area contributed by atoms with Crippen LogP contribution in [-0.2, 0) is 11.2 Å². The lowest BCUT2D eigenvalue weighted by molar-refractivity contribution is 0.0492. The Bertz CT molecular complexity index is 809. The van der Waals surface area contributed by atoms with Gasteiger partial charge in [0.2, 0.25) is 0 Å². The van der Waals surface area contributed by atoms with E-state index in [-0.39, 0.29) is 17.7 Å². The Morgan fingerprint density at radius 1 is 1.32 bits per heavy atom. The van der Waals surface area contributed by atoms with E-state index < -0.39 is 0 Å². The summed E-state index contributed by atoms with van der Waals surface area (Å²) in [6, 6.07) is 7.61. The molecule has 0 unspecified atom stereocenters. The highest BCUT2D eigenvalue weighted by Crippen LogP contribution is 2.37.